The first kappa shape index (κ1) is 25.7. The van der Waals surface area contributed by atoms with E-state index >= 15 is 8.78 Å². The molecule has 4 aromatic rings. The van der Waals surface area contributed by atoms with Gasteiger partial charge in [-0.1, -0.05) is 23.4 Å². The van der Waals surface area contributed by atoms with Gasteiger partial charge in [-0.3, -0.25) is 29.4 Å². The highest BCUT2D eigenvalue weighted by atomic mass is 19.1. The SMILES string of the molecule is O=C(c1ccc([N+](=O)[O-])o1)N1CC=C(c2c(F)cc(-n3cc(CN4C(=O)c5ccccc5C4=O)nn3)cc2F)CC1. The molecule has 0 bridgehead atoms. The number of nitrogens with zero attached hydrogens (tertiary/aromatic N) is 6. The van der Waals surface area contributed by atoms with Crippen LogP contribution >= 0.6 is 0 Å². The van der Waals surface area contributed by atoms with E-state index in [0.717, 1.165) is 27.8 Å². The van der Waals surface area contributed by atoms with Crippen molar-refractivity contribution >= 4 is 29.2 Å². The normalized spacial score (nSPS) is 14.8. The Labute approximate surface area is 229 Å². The van der Waals surface area contributed by atoms with Gasteiger partial charge in [-0.05, 0) is 30.2 Å². The molecule has 0 saturated heterocycles. The van der Waals surface area contributed by atoms with Crippen LogP contribution in [0.2, 0.25) is 0 Å². The molecule has 0 unspecified atom stereocenters. The highest BCUT2D eigenvalue weighted by molar-refractivity contribution is 6.21. The zero-order valence-electron chi connectivity index (χ0n) is 21.0. The molecule has 206 valence electrons. The van der Waals surface area contributed by atoms with Crippen LogP contribution in [0, 0.1) is 21.7 Å². The van der Waals surface area contributed by atoms with E-state index in [1.165, 1.54) is 23.2 Å². The Kier molecular flexibility index (Phi) is 6.21. The summed E-state index contributed by atoms with van der Waals surface area (Å²) in [4.78, 5) is 50.2. The van der Waals surface area contributed by atoms with E-state index in [9.17, 15) is 24.5 Å². The van der Waals surface area contributed by atoms with Crippen molar-refractivity contribution in [1.29, 1.82) is 0 Å². The quantitative estimate of drug-likeness (QED) is 0.197. The van der Waals surface area contributed by atoms with Crippen molar-refractivity contribution in [1.82, 2.24) is 24.8 Å². The Balaban J connectivity index is 1.17. The summed E-state index contributed by atoms with van der Waals surface area (Å²) >= 11 is 0. The van der Waals surface area contributed by atoms with Gasteiger partial charge in [0.1, 0.15) is 22.3 Å². The van der Waals surface area contributed by atoms with E-state index in [4.69, 9.17) is 4.42 Å². The van der Waals surface area contributed by atoms with E-state index in [2.05, 4.69) is 10.3 Å². The first-order valence-corrected chi connectivity index (χ1v) is 12.3. The number of benzene rings is 2. The van der Waals surface area contributed by atoms with E-state index in [1.807, 2.05) is 0 Å². The van der Waals surface area contributed by atoms with Crippen LogP contribution in [0.5, 0.6) is 0 Å². The van der Waals surface area contributed by atoms with Gasteiger partial charge in [-0.25, -0.2) is 13.5 Å². The van der Waals surface area contributed by atoms with Crippen molar-refractivity contribution in [3.63, 3.8) is 0 Å². The Morgan fingerprint density at radius 1 is 1.05 bits per heavy atom. The van der Waals surface area contributed by atoms with Crippen molar-refractivity contribution in [3.8, 4) is 5.69 Å². The molecule has 0 N–H and O–H groups in total. The first-order valence-electron chi connectivity index (χ1n) is 12.3. The molecule has 12 nitrogen and oxygen atoms in total. The Morgan fingerprint density at radius 2 is 1.73 bits per heavy atom. The molecule has 0 atom stereocenters. The van der Waals surface area contributed by atoms with Crippen LogP contribution in [0.15, 0.2) is 65.2 Å². The fraction of sp³-hybridized carbons (Fsp3) is 0.148. The number of halogens is 2. The fourth-order valence-electron chi connectivity index (χ4n) is 4.82. The predicted molar refractivity (Wildman–Crippen MR) is 136 cm³/mol. The molecule has 0 radical (unpaired) electrons. The van der Waals surface area contributed by atoms with Gasteiger partial charge in [0.15, 0.2) is 5.76 Å². The third-order valence-electron chi connectivity index (χ3n) is 6.83. The third-order valence-corrected chi connectivity index (χ3v) is 6.83. The monoisotopic (exact) mass is 560 g/mol. The van der Waals surface area contributed by atoms with Crippen LogP contribution in [-0.2, 0) is 6.54 Å². The summed E-state index contributed by atoms with van der Waals surface area (Å²) in [6.07, 6.45) is 3.02. The Hall–Kier alpha value is -5.53. The third kappa shape index (κ3) is 4.54. The minimum atomic E-state index is -0.856. The highest BCUT2D eigenvalue weighted by Gasteiger charge is 2.35. The molecule has 0 saturated carbocycles. The molecule has 0 fully saturated rings. The van der Waals surface area contributed by atoms with Crippen molar-refractivity contribution in [2.75, 3.05) is 13.1 Å². The molecule has 2 aliphatic heterocycles. The molecule has 41 heavy (non-hydrogen) atoms. The molecular weight excluding hydrogens is 542 g/mol. The van der Waals surface area contributed by atoms with Crippen LogP contribution in [0.25, 0.3) is 11.3 Å². The van der Waals surface area contributed by atoms with Crippen molar-refractivity contribution < 1.29 is 32.5 Å². The molecule has 2 aromatic carbocycles. The number of fused-ring (bicyclic) bond motifs is 1. The summed E-state index contributed by atoms with van der Waals surface area (Å²) in [6, 6.07) is 10.9. The smallest absolute Gasteiger partial charge is 0.395 e. The summed E-state index contributed by atoms with van der Waals surface area (Å²) < 4.78 is 36.4. The average molecular weight is 560 g/mol. The molecule has 0 spiro atoms. The van der Waals surface area contributed by atoms with Crippen LogP contribution < -0.4 is 0 Å². The number of aromatic nitrogens is 3. The van der Waals surface area contributed by atoms with Gasteiger partial charge >= 0.3 is 5.88 Å². The van der Waals surface area contributed by atoms with E-state index in [0.29, 0.717) is 16.7 Å². The number of nitro groups is 1. The van der Waals surface area contributed by atoms with Gasteiger partial charge in [0.05, 0.1) is 35.6 Å². The fourth-order valence-corrected chi connectivity index (χ4v) is 4.82. The number of carbonyl (C=O) groups is 3. The largest absolute Gasteiger partial charge is 0.433 e. The zero-order chi connectivity index (χ0) is 28.8. The summed E-state index contributed by atoms with van der Waals surface area (Å²) in [7, 11) is 0. The maximum atomic E-state index is 15.2. The molecule has 2 aliphatic rings. The number of hydrogen-bond donors (Lipinski definition) is 0. The van der Waals surface area contributed by atoms with Crippen LogP contribution in [0.1, 0.15) is 48.9 Å². The lowest BCUT2D eigenvalue weighted by molar-refractivity contribution is -0.402. The molecular formula is C27H18F2N6O6. The standard InChI is InChI=1S/C27H18F2N6O6/c28-20-11-17(34-14-16(30-31-34)13-33-25(36)18-3-1-2-4-19(18)26(33)37)12-21(29)24(20)15-7-9-32(10-8-15)27(38)22-5-6-23(41-22)35(39)40/h1-7,11-12,14H,8-10,13H2. The van der Waals surface area contributed by atoms with Gasteiger partial charge in [0, 0.05) is 30.8 Å². The lowest BCUT2D eigenvalue weighted by Gasteiger charge is -2.26. The average Bonchev–Trinajstić information content (AvgIpc) is 3.70. The first-order chi connectivity index (χ1) is 19.7. The van der Waals surface area contributed by atoms with Gasteiger partial charge < -0.3 is 9.32 Å². The predicted octanol–water partition coefficient (Wildman–Crippen LogP) is 3.77. The topological polar surface area (TPSA) is 145 Å². The molecule has 4 heterocycles. The second-order valence-corrected chi connectivity index (χ2v) is 9.31. The minimum Gasteiger partial charge on any atom is -0.395 e. The van der Waals surface area contributed by atoms with E-state index < -0.39 is 40.2 Å². The number of furan rings is 1. The highest BCUT2D eigenvalue weighted by Crippen LogP contribution is 2.30. The van der Waals surface area contributed by atoms with Gasteiger partial charge in [0.25, 0.3) is 17.7 Å². The molecule has 0 aliphatic carbocycles. The van der Waals surface area contributed by atoms with Crippen molar-refractivity contribution in [2.24, 2.45) is 0 Å². The lowest BCUT2D eigenvalue weighted by Crippen LogP contribution is -2.34. The van der Waals surface area contributed by atoms with Crippen molar-refractivity contribution in [2.45, 2.75) is 13.0 Å². The Morgan fingerprint density at radius 3 is 2.32 bits per heavy atom. The summed E-state index contributed by atoms with van der Waals surface area (Å²) in [6.45, 7) is -0.0273. The van der Waals surface area contributed by atoms with Crippen LogP contribution in [0.4, 0.5) is 14.7 Å². The number of imide groups is 1. The molecule has 6 rings (SSSR count). The number of amides is 3. The molecule has 3 amide bonds. The maximum absolute atomic E-state index is 15.2. The second kappa shape index (κ2) is 9.89. The minimum absolute atomic E-state index is 0.0214. The zero-order valence-corrected chi connectivity index (χ0v) is 21.0. The van der Waals surface area contributed by atoms with Gasteiger partial charge in [-0.15, -0.1) is 5.10 Å². The molecule has 2 aromatic heterocycles. The second-order valence-electron chi connectivity index (χ2n) is 9.31. The van der Waals surface area contributed by atoms with E-state index in [-0.39, 0.29) is 48.8 Å². The number of carbonyl (C=O) groups excluding carboxylic acids is 3. The lowest BCUT2D eigenvalue weighted by atomic mass is 9.97. The van der Waals surface area contributed by atoms with Crippen molar-refractivity contribution in [3.05, 3.63) is 111 Å². The van der Waals surface area contributed by atoms with Crippen LogP contribution in [-0.4, -0.2) is 60.5 Å². The number of hydrogen-bond acceptors (Lipinski definition) is 8. The number of rotatable bonds is 6. The molecule has 14 heteroatoms. The summed E-state index contributed by atoms with van der Waals surface area (Å²) in [5.41, 5.74) is 0.966. The van der Waals surface area contributed by atoms with Gasteiger partial charge in [0.2, 0.25) is 0 Å². The van der Waals surface area contributed by atoms with Crippen LogP contribution in [0.3, 0.4) is 0 Å². The van der Waals surface area contributed by atoms with Gasteiger partial charge in [-0.2, -0.15) is 0 Å². The summed E-state index contributed by atoms with van der Waals surface area (Å²) in [5, 5.41) is 18.6. The maximum Gasteiger partial charge on any atom is 0.433 e. The summed E-state index contributed by atoms with van der Waals surface area (Å²) in [5.74, 6) is -3.98. The van der Waals surface area contributed by atoms with E-state index in [1.54, 1.807) is 24.3 Å². The Bertz CT molecular complexity index is 1740.